The number of rotatable bonds is 9. The number of ether oxygens (including phenoxy) is 1. The zero-order valence-corrected chi connectivity index (χ0v) is 18.4. The zero-order chi connectivity index (χ0) is 24.7. The molecule has 11 nitrogen and oxygen atoms in total. The fraction of sp³-hybridized carbons (Fsp3) is 0.500. The van der Waals surface area contributed by atoms with Crippen LogP contribution in [0.25, 0.3) is 0 Å². The quantitative estimate of drug-likeness (QED) is 0.357. The lowest BCUT2D eigenvalue weighted by molar-refractivity contribution is -0.138. The van der Waals surface area contributed by atoms with Gasteiger partial charge in [0.15, 0.2) is 0 Å². The van der Waals surface area contributed by atoms with Gasteiger partial charge in [-0.3, -0.25) is 9.59 Å². The number of anilines is 2. The summed E-state index contributed by atoms with van der Waals surface area (Å²) in [4.78, 5) is 35.1. The van der Waals surface area contributed by atoms with Crippen molar-refractivity contribution in [1.82, 2.24) is 25.1 Å². The molecule has 1 fully saturated rings. The number of hydrogen-bond acceptors (Lipinski definition) is 9. The predicted molar refractivity (Wildman–Crippen MR) is 117 cm³/mol. The third kappa shape index (κ3) is 6.50. The monoisotopic (exact) mass is 482 g/mol. The molecule has 1 aliphatic heterocycles. The Morgan fingerprint density at radius 2 is 1.94 bits per heavy atom. The average molecular weight is 482 g/mol. The van der Waals surface area contributed by atoms with E-state index in [0.29, 0.717) is 31.9 Å². The number of aromatic amines is 1. The Bertz CT molecular complexity index is 1040. The van der Waals surface area contributed by atoms with Gasteiger partial charge in [-0.2, -0.15) is 18.3 Å². The van der Waals surface area contributed by atoms with Gasteiger partial charge in [-0.15, -0.1) is 0 Å². The number of hydrogen-bond donors (Lipinski definition) is 3. The minimum atomic E-state index is -4.49. The first-order valence-corrected chi connectivity index (χ1v) is 10.5. The summed E-state index contributed by atoms with van der Waals surface area (Å²) in [6, 6.07) is -0.190. The molecule has 0 aliphatic carbocycles. The van der Waals surface area contributed by atoms with Crippen molar-refractivity contribution in [3.8, 4) is 0 Å². The number of halogens is 3. The van der Waals surface area contributed by atoms with Crippen molar-refractivity contribution in [1.29, 1.82) is 5.41 Å². The summed E-state index contributed by atoms with van der Waals surface area (Å²) in [6.07, 6.45) is -0.435. The molecule has 184 valence electrons. The van der Waals surface area contributed by atoms with Crippen LogP contribution in [-0.2, 0) is 15.7 Å². The van der Waals surface area contributed by atoms with Crippen LogP contribution in [0.3, 0.4) is 0 Å². The summed E-state index contributed by atoms with van der Waals surface area (Å²) < 4.78 is 43.5. The van der Waals surface area contributed by atoms with Crippen molar-refractivity contribution in [3.05, 3.63) is 40.1 Å². The van der Waals surface area contributed by atoms with E-state index < -0.39 is 17.3 Å². The SMILES string of the molecule is CC(COCCC(=O)N1CCN(c2ncc(C(F)(F)F)cn2)CC1)Nc1cn[nH]c(=O)c1C=N. The van der Waals surface area contributed by atoms with Gasteiger partial charge >= 0.3 is 6.18 Å². The third-order valence-electron chi connectivity index (χ3n) is 5.15. The number of alkyl halides is 3. The van der Waals surface area contributed by atoms with Crippen LogP contribution in [0.2, 0.25) is 0 Å². The Morgan fingerprint density at radius 3 is 2.56 bits per heavy atom. The normalized spacial score (nSPS) is 15.2. The largest absolute Gasteiger partial charge is 0.419 e. The van der Waals surface area contributed by atoms with Crippen molar-refractivity contribution in [2.45, 2.75) is 25.6 Å². The van der Waals surface area contributed by atoms with E-state index in [1.54, 1.807) is 9.80 Å². The Kier molecular flexibility index (Phi) is 8.15. The van der Waals surface area contributed by atoms with Crippen LogP contribution < -0.4 is 15.8 Å². The standard InChI is InChI=1S/C20H25F3N8O3/c1-13(28-16-11-27-29-18(33)15(16)8-24)12-34-7-2-17(32)30-3-5-31(6-4-30)19-25-9-14(10-26-19)20(21,22)23/h8-11,13,24H,2-7,12H2,1H3,(H2,28,29,33). The highest BCUT2D eigenvalue weighted by Crippen LogP contribution is 2.28. The Morgan fingerprint density at radius 1 is 1.26 bits per heavy atom. The number of carbonyl (C=O) groups excluding carboxylic acids is 1. The molecule has 1 saturated heterocycles. The molecule has 0 saturated carbocycles. The lowest BCUT2D eigenvalue weighted by atomic mass is 10.2. The van der Waals surface area contributed by atoms with E-state index in [1.807, 2.05) is 6.92 Å². The lowest BCUT2D eigenvalue weighted by Gasteiger charge is -2.34. The van der Waals surface area contributed by atoms with Gasteiger partial charge in [0, 0.05) is 50.8 Å². The molecule has 3 rings (SSSR count). The summed E-state index contributed by atoms with van der Waals surface area (Å²) in [6.45, 7) is 3.96. The molecule has 1 atom stereocenters. The van der Waals surface area contributed by atoms with E-state index in [4.69, 9.17) is 10.1 Å². The van der Waals surface area contributed by atoms with Gasteiger partial charge in [-0.1, -0.05) is 0 Å². The Balaban J connectivity index is 1.37. The van der Waals surface area contributed by atoms with Crippen LogP contribution in [0.15, 0.2) is 23.4 Å². The first kappa shape index (κ1) is 25.1. The molecular formula is C20H25F3N8O3. The van der Waals surface area contributed by atoms with E-state index >= 15 is 0 Å². The lowest BCUT2D eigenvalue weighted by Crippen LogP contribution is -2.49. The molecule has 0 bridgehead atoms. The molecule has 34 heavy (non-hydrogen) atoms. The third-order valence-corrected chi connectivity index (χ3v) is 5.15. The number of piperazine rings is 1. The van der Waals surface area contributed by atoms with Crippen LogP contribution in [0.5, 0.6) is 0 Å². The maximum atomic E-state index is 12.6. The van der Waals surface area contributed by atoms with Gasteiger partial charge in [0.2, 0.25) is 11.9 Å². The van der Waals surface area contributed by atoms with Crippen LogP contribution in [0.1, 0.15) is 24.5 Å². The molecule has 2 aromatic heterocycles. The van der Waals surface area contributed by atoms with E-state index in [9.17, 15) is 22.8 Å². The van der Waals surface area contributed by atoms with Crippen LogP contribution in [0.4, 0.5) is 24.8 Å². The van der Waals surface area contributed by atoms with Crippen molar-refractivity contribution in [2.24, 2.45) is 0 Å². The summed E-state index contributed by atoms with van der Waals surface area (Å²) in [5, 5.41) is 16.4. The molecule has 14 heteroatoms. The van der Waals surface area contributed by atoms with Gasteiger partial charge in [0.25, 0.3) is 5.56 Å². The second-order valence-electron chi connectivity index (χ2n) is 7.68. The summed E-state index contributed by atoms with van der Waals surface area (Å²) >= 11 is 0. The van der Waals surface area contributed by atoms with Gasteiger partial charge in [-0.05, 0) is 6.92 Å². The molecule has 1 aliphatic rings. The molecule has 1 amide bonds. The fourth-order valence-corrected chi connectivity index (χ4v) is 3.34. The number of aromatic nitrogens is 4. The zero-order valence-electron chi connectivity index (χ0n) is 18.4. The van der Waals surface area contributed by atoms with E-state index in [2.05, 4.69) is 25.5 Å². The summed E-state index contributed by atoms with van der Waals surface area (Å²) in [5.41, 5.74) is -0.791. The van der Waals surface area contributed by atoms with Crippen molar-refractivity contribution in [3.63, 3.8) is 0 Å². The van der Waals surface area contributed by atoms with Crippen LogP contribution >= 0.6 is 0 Å². The maximum Gasteiger partial charge on any atom is 0.419 e. The molecule has 0 aromatic carbocycles. The molecule has 2 aromatic rings. The minimum Gasteiger partial charge on any atom is -0.379 e. The molecule has 1 unspecified atom stereocenters. The van der Waals surface area contributed by atoms with Crippen molar-refractivity contribution >= 4 is 23.8 Å². The van der Waals surface area contributed by atoms with Gasteiger partial charge in [0.1, 0.15) is 0 Å². The number of nitrogens with one attached hydrogen (secondary N) is 3. The molecule has 0 spiro atoms. The smallest absolute Gasteiger partial charge is 0.379 e. The van der Waals surface area contributed by atoms with E-state index in [0.717, 1.165) is 18.6 Å². The summed E-state index contributed by atoms with van der Waals surface area (Å²) in [7, 11) is 0. The average Bonchev–Trinajstić information content (AvgIpc) is 2.81. The second-order valence-corrected chi connectivity index (χ2v) is 7.68. The molecule has 3 N–H and O–H groups in total. The highest BCUT2D eigenvalue weighted by Gasteiger charge is 2.32. The van der Waals surface area contributed by atoms with E-state index in [-0.39, 0.29) is 43.1 Å². The Labute approximate surface area is 192 Å². The van der Waals surface area contributed by atoms with Crippen molar-refractivity contribution in [2.75, 3.05) is 49.6 Å². The topological polar surface area (TPSA) is 140 Å². The number of amides is 1. The Hall–Kier alpha value is -3.55. The first-order chi connectivity index (χ1) is 16.2. The van der Waals surface area contributed by atoms with E-state index in [1.165, 1.54) is 6.20 Å². The van der Waals surface area contributed by atoms with Gasteiger partial charge in [0.05, 0.1) is 42.6 Å². The highest BCUT2D eigenvalue weighted by atomic mass is 19.4. The van der Waals surface area contributed by atoms with Crippen molar-refractivity contribution < 1.29 is 22.7 Å². The van der Waals surface area contributed by atoms with Crippen LogP contribution in [-0.4, -0.2) is 82.6 Å². The number of H-pyrrole nitrogens is 1. The molecular weight excluding hydrogens is 457 g/mol. The molecule has 0 radical (unpaired) electrons. The molecule has 3 heterocycles. The first-order valence-electron chi connectivity index (χ1n) is 10.5. The van der Waals surface area contributed by atoms with Crippen LogP contribution in [0, 0.1) is 5.41 Å². The second kappa shape index (κ2) is 11.0. The van der Waals surface area contributed by atoms with Gasteiger partial charge in [-0.25, -0.2) is 15.1 Å². The fourth-order valence-electron chi connectivity index (χ4n) is 3.34. The number of carbonyl (C=O) groups is 1. The van der Waals surface area contributed by atoms with Gasteiger partial charge < -0.3 is 25.3 Å². The maximum absolute atomic E-state index is 12.6. The highest BCUT2D eigenvalue weighted by molar-refractivity contribution is 5.84. The minimum absolute atomic E-state index is 0.0847. The summed E-state index contributed by atoms with van der Waals surface area (Å²) in [5.74, 6) is 0.116. The predicted octanol–water partition coefficient (Wildman–Crippen LogP) is 1.13. The number of nitrogens with zero attached hydrogens (tertiary/aromatic N) is 5.